The topological polar surface area (TPSA) is 99.1 Å². The first-order valence-corrected chi connectivity index (χ1v) is 13.8. The molecule has 3 aromatic carbocycles. The highest BCUT2D eigenvalue weighted by molar-refractivity contribution is 6.00. The predicted octanol–water partition coefficient (Wildman–Crippen LogP) is 4.95. The van der Waals surface area contributed by atoms with Crippen molar-refractivity contribution in [1.82, 2.24) is 10.2 Å². The van der Waals surface area contributed by atoms with Crippen molar-refractivity contribution in [2.75, 3.05) is 19.7 Å². The molecular weight excluding hydrogens is 530 g/mol. The molecule has 0 saturated heterocycles. The van der Waals surface area contributed by atoms with Crippen molar-refractivity contribution < 1.29 is 33.3 Å². The van der Waals surface area contributed by atoms with Crippen LogP contribution in [0.4, 0.5) is 8.78 Å². The van der Waals surface area contributed by atoms with Crippen molar-refractivity contribution in [3.8, 4) is 0 Å². The lowest BCUT2D eigenvalue weighted by Gasteiger charge is -2.28. The summed E-state index contributed by atoms with van der Waals surface area (Å²) in [6, 6.07) is 15.2. The van der Waals surface area contributed by atoms with E-state index < -0.39 is 35.8 Å². The molecule has 3 N–H and O–H groups in total. The van der Waals surface area contributed by atoms with Gasteiger partial charge in [0.15, 0.2) is 0 Å². The molecular formula is C32H38F2N2O5. The van der Waals surface area contributed by atoms with Gasteiger partial charge >= 0.3 is 0 Å². The van der Waals surface area contributed by atoms with E-state index >= 15 is 0 Å². The number of hydrogen-bond donors (Lipinski definition) is 3. The minimum absolute atomic E-state index is 0.0773. The van der Waals surface area contributed by atoms with Crippen LogP contribution in [0.5, 0.6) is 0 Å². The van der Waals surface area contributed by atoms with E-state index in [9.17, 15) is 28.6 Å². The molecule has 41 heavy (non-hydrogen) atoms. The summed E-state index contributed by atoms with van der Waals surface area (Å²) in [5.41, 5.74) is 1.90. The predicted molar refractivity (Wildman–Crippen MR) is 152 cm³/mol. The van der Waals surface area contributed by atoms with E-state index in [4.69, 9.17) is 4.74 Å². The number of amides is 2. The van der Waals surface area contributed by atoms with E-state index in [-0.39, 0.29) is 30.2 Å². The van der Waals surface area contributed by atoms with Crippen LogP contribution in [0.2, 0.25) is 0 Å². The number of nitrogens with zero attached hydrogens (tertiary/aromatic N) is 1. The van der Waals surface area contributed by atoms with Crippen LogP contribution in [-0.4, -0.2) is 58.8 Å². The number of aliphatic hydroxyl groups excluding tert-OH is 2. The van der Waals surface area contributed by atoms with Crippen molar-refractivity contribution in [3.05, 3.63) is 106 Å². The number of aliphatic hydroxyl groups is 2. The molecule has 0 saturated carbocycles. The van der Waals surface area contributed by atoms with E-state index in [0.717, 1.165) is 30.5 Å². The minimum Gasteiger partial charge on any atom is -0.388 e. The second kappa shape index (κ2) is 15.4. The summed E-state index contributed by atoms with van der Waals surface area (Å²) in [4.78, 5) is 28.3. The van der Waals surface area contributed by atoms with E-state index in [1.807, 2.05) is 44.2 Å². The van der Waals surface area contributed by atoms with Gasteiger partial charge in [0.1, 0.15) is 23.8 Å². The van der Waals surface area contributed by atoms with Crippen LogP contribution >= 0.6 is 0 Å². The number of ether oxygens (including phenoxy) is 1. The number of rotatable bonds is 14. The molecule has 2 amide bonds. The molecule has 0 aliphatic rings. The fourth-order valence-electron chi connectivity index (χ4n) is 4.61. The Morgan fingerprint density at radius 2 is 1.51 bits per heavy atom. The van der Waals surface area contributed by atoms with Crippen molar-refractivity contribution in [2.24, 2.45) is 0 Å². The summed E-state index contributed by atoms with van der Waals surface area (Å²) in [5.74, 6) is -2.71. The first-order chi connectivity index (χ1) is 19.6. The fourth-order valence-corrected chi connectivity index (χ4v) is 4.61. The maximum atomic E-state index is 14.1. The Bertz CT molecular complexity index is 1280. The van der Waals surface area contributed by atoms with Gasteiger partial charge in [-0.15, -0.1) is 0 Å². The molecule has 0 unspecified atom stereocenters. The lowest BCUT2D eigenvalue weighted by molar-refractivity contribution is -0.0551. The van der Waals surface area contributed by atoms with Crippen LogP contribution < -0.4 is 5.32 Å². The Morgan fingerprint density at radius 3 is 2.12 bits per heavy atom. The molecule has 0 bridgehead atoms. The van der Waals surface area contributed by atoms with Gasteiger partial charge < -0.3 is 25.2 Å². The lowest BCUT2D eigenvalue weighted by Crippen LogP contribution is -2.44. The highest BCUT2D eigenvalue weighted by Gasteiger charge is 2.31. The lowest BCUT2D eigenvalue weighted by atomic mass is 9.96. The highest BCUT2D eigenvalue weighted by Crippen LogP contribution is 2.24. The molecule has 3 aromatic rings. The monoisotopic (exact) mass is 568 g/mol. The average molecular weight is 569 g/mol. The summed E-state index contributed by atoms with van der Waals surface area (Å²) >= 11 is 0. The van der Waals surface area contributed by atoms with E-state index in [0.29, 0.717) is 30.3 Å². The SMILES string of the molecule is CCCN(CCC)C(=O)c1cc(C)cc(C(=O)N[C@@H](c2cc(F)cc(F)c2)[C@@H](O)[C@H](O)COCc2ccccc2)c1. The number of benzene rings is 3. The fraction of sp³-hybridized carbons (Fsp3) is 0.375. The quantitative estimate of drug-likeness (QED) is 0.256. The van der Waals surface area contributed by atoms with Crippen LogP contribution in [0.1, 0.15) is 70.1 Å². The van der Waals surface area contributed by atoms with Crippen molar-refractivity contribution in [2.45, 2.75) is 58.5 Å². The number of nitrogens with one attached hydrogen (secondary N) is 1. The normalized spacial score (nSPS) is 13.3. The van der Waals surface area contributed by atoms with Gasteiger partial charge in [-0.2, -0.15) is 0 Å². The molecule has 3 atom stereocenters. The molecule has 3 rings (SSSR count). The van der Waals surface area contributed by atoms with Gasteiger partial charge in [-0.1, -0.05) is 44.2 Å². The minimum atomic E-state index is -1.67. The van der Waals surface area contributed by atoms with Crippen molar-refractivity contribution in [1.29, 1.82) is 0 Å². The zero-order valence-corrected chi connectivity index (χ0v) is 23.6. The third kappa shape index (κ3) is 9.18. The molecule has 220 valence electrons. The third-order valence-corrected chi connectivity index (χ3v) is 6.53. The average Bonchev–Trinajstić information content (AvgIpc) is 2.94. The maximum absolute atomic E-state index is 14.1. The third-order valence-electron chi connectivity index (χ3n) is 6.53. The summed E-state index contributed by atoms with van der Waals surface area (Å²) in [6.07, 6.45) is -1.61. The Hall–Kier alpha value is -3.66. The van der Waals surface area contributed by atoms with Crippen molar-refractivity contribution in [3.63, 3.8) is 0 Å². The Morgan fingerprint density at radius 1 is 0.902 bits per heavy atom. The second-order valence-corrected chi connectivity index (χ2v) is 10.1. The van der Waals surface area contributed by atoms with Gasteiger partial charge in [0.05, 0.1) is 19.3 Å². The van der Waals surface area contributed by atoms with Crippen LogP contribution in [0.25, 0.3) is 0 Å². The summed E-state index contributed by atoms with van der Waals surface area (Å²) in [7, 11) is 0. The van der Waals surface area contributed by atoms with Crippen LogP contribution in [0, 0.1) is 18.6 Å². The Kier molecular flexibility index (Phi) is 11.9. The van der Waals surface area contributed by atoms with Crippen molar-refractivity contribution >= 4 is 11.8 Å². The summed E-state index contributed by atoms with van der Waals surface area (Å²) in [5, 5.41) is 24.4. The summed E-state index contributed by atoms with van der Waals surface area (Å²) < 4.78 is 33.8. The highest BCUT2D eigenvalue weighted by atomic mass is 19.1. The first-order valence-electron chi connectivity index (χ1n) is 13.8. The van der Waals surface area contributed by atoms with Crippen LogP contribution in [-0.2, 0) is 11.3 Å². The Labute approximate surface area is 239 Å². The van der Waals surface area contributed by atoms with E-state index in [1.165, 1.54) is 6.07 Å². The summed E-state index contributed by atoms with van der Waals surface area (Å²) in [6.45, 7) is 6.73. The zero-order chi connectivity index (χ0) is 29.9. The molecule has 0 aliphatic heterocycles. The number of carbonyl (C=O) groups is 2. The zero-order valence-electron chi connectivity index (χ0n) is 23.6. The standard InChI is InChI=1S/C32H38F2N2O5/c1-4-11-36(12-5-2)32(40)25-14-21(3)13-24(15-25)31(39)35-29(23-16-26(33)18-27(34)17-23)30(38)28(37)20-41-19-22-9-7-6-8-10-22/h6-10,13-18,28-30,37-38H,4-5,11-12,19-20H2,1-3H3,(H,35,39)/t28-,29+,30+/m1/s1. The molecule has 9 heteroatoms. The molecule has 0 fully saturated rings. The van der Waals surface area contributed by atoms with Crippen LogP contribution in [0.15, 0.2) is 66.7 Å². The molecule has 0 aromatic heterocycles. The number of hydrogen-bond acceptors (Lipinski definition) is 5. The first kappa shape index (κ1) is 31.9. The molecule has 0 aliphatic carbocycles. The van der Waals surface area contributed by atoms with Gasteiger partial charge in [0.25, 0.3) is 11.8 Å². The molecule has 0 radical (unpaired) electrons. The number of carbonyl (C=O) groups excluding carboxylic acids is 2. The van der Waals surface area contributed by atoms with E-state index in [2.05, 4.69) is 5.32 Å². The van der Waals surface area contributed by atoms with E-state index in [1.54, 1.807) is 24.0 Å². The van der Waals surface area contributed by atoms with Gasteiger partial charge in [0, 0.05) is 30.3 Å². The molecule has 0 spiro atoms. The number of halogens is 2. The van der Waals surface area contributed by atoms with Crippen LogP contribution in [0.3, 0.4) is 0 Å². The molecule has 7 nitrogen and oxygen atoms in total. The second-order valence-electron chi connectivity index (χ2n) is 10.1. The van der Waals surface area contributed by atoms with Gasteiger partial charge in [-0.25, -0.2) is 8.78 Å². The Balaban J connectivity index is 1.84. The smallest absolute Gasteiger partial charge is 0.253 e. The largest absolute Gasteiger partial charge is 0.388 e. The van der Waals surface area contributed by atoms with Gasteiger partial charge in [-0.3, -0.25) is 9.59 Å². The number of aryl methyl sites for hydroxylation is 1. The molecule has 0 heterocycles. The van der Waals surface area contributed by atoms with Gasteiger partial charge in [-0.05, 0) is 66.8 Å². The maximum Gasteiger partial charge on any atom is 0.253 e. The van der Waals surface area contributed by atoms with Gasteiger partial charge in [0.2, 0.25) is 0 Å².